The second kappa shape index (κ2) is 10.8. The molecule has 2 fully saturated rings. The number of ether oxygens (including phenoxy) is 3. The van der Waals surface area contributed by atoms with Gasteiger partial charge in [0.1, 0.15) is 11.6 Å². The van der Waals surface area contributed by atoms with E-state index in [0.717, 1.165) is 5.56 Å². The van der Waals surface area contributed by atoms with E-state index in [-0.39, 0.29) is 24.5 Å². The van der Waals surface area contributed by atoms with Crippen LogP contribution in [-0.2, 0) is 22.6 Å². The molecule has 190 valence electrons. The molecule has 0 aromatic heterocycles. The topological polar surface area (TPSA) is 51.2 Å². The van der Waals surface area contributed by atoms with Crippen molar-refractivity contribution in [2.75, 3.05) is 26.8 Å². The fourth-order valence-electron chi connectivity index (χ4n) is 4.65. The number of fused-ring (bicyclic) bond motifs is 2. The van der Waals surface area contributed by atoms with E-state index in [4.69, 9.17) is 14.2 Å². The molecule has 35 heavy (non-hydrogen) atoms. The van der Waals surface area contributed by atoms with E-state index >= 15 is 0 Å². The summed E-state index contributed by atoms with van der Waals surface area (Å²) in [6.45, 7) is 0.782. The van der Waals surface area contributed by atoms with Crippen molar-refractivity contribution in [3.05, 3.63) is 65.5 Å². The number of carbonyl (C=O) groups is 1. The Bertz CT molecular complexity index is 970. The van der Waals surface area contributed by atoms with Crippen molar-refractivity contribution >= 4 is 6.09 Å². The van der Waals surface area contributed by atoms with Gasteiger partial charge in [0.15, 0.2) is 0 Å². The zero-order chi connectivity index (χ0) is 25.0. The van der Waals surface area contributed by atoms with Crippen LogP contribution in [0.25, 0.3) is 0 Å². The number of rotatable bonds is 8. The number of likely N-dealkylation sites (tertiary alicyclic amines) is 1. The Kier molecular flexibility index (Phi) is 7.81. The Morgan fingerprint density at radius 1 is 1.00 bits per heavy atom. The number of hydrogen-bond donors (Lipinski definition) is 0. The molecule has 0 N–H and O–H groups in total. The third kappa shape index (κ3) is 6.43. The first-order chi connectivity index (χ1) is 16.7. The Hall–Kier alpha value is -2.85. The predicted molar refractivity (Wildman–Crippen MR) is 119 cm³/mol. The van der Waals surface area contributed by atoms with Gasteiger partial charge in [-0.25, -0.2) is 9.18 Å². The normalized spacial score (nSPS) is 21.1. The molecule has 3 atom stereocenters. The van der Waals surface area contributed by atoms with Crippen LogP contribution < -0.4 is 4.74 Å². The molecule has 2 saturated heterocycles. The van der Waals surface area contributed by atoms with Crippen molar-refractivity contribution in [2.45, 2.75) is 50.4 Å². The second-order valence-corrected chi connectivity index (χ2v) is 8.89. The molecule has 4 rings (SSSR count). The van der Waals surface area contributed by atoms with Crippen molar-refractivity contribution in [2.24, 2.45) is 0 Å². The first kappa shape index (κ1) is 25.2. The maximum atomic E-state index is 13.6. The van der Waals surface area contributed by atoms with Crippen molar-refractivity contribution < 1.29 is 36.6 Å². The lowest BCUT2D eigenvalue weighted by Crippen LogP contribution is -2.56. The molecule has 0 radical (unpaired) electrons. The molecule has 2 aliphatic rings. The zero-order valence-corrected chi connectivity index (χ0v) is 19.3. The molecule has 2 aromatic carbocycles. The lowest BCUT2D eigenvalue weighted by atomic mass is 10.1. The van der Waals surface area contributed by atoms with Gasteiger partial charge in [0.25, 0.3) is 0 Å². The molecule has 2 bridgehead atoms. The molecule has 6 nitrogen and oxygen atoms in total. The van der Waals surface area contributed by atoms with Crippen LogP contribution in [0.4, 0.5) is 22.4 Å². The number of nitrogens with zero attached hydrogens (tertiary/aromatic N) is 2. The Labute approximate surface area is 201 Å². The van der Waals surface area contributed by atoms with Crippen LogP contribution >= 0.6 is 0 Å². The van der Waals surface area contributed by atoms with Crippen LogP contribution in [0.5, 0.6) is 5.75 Å². The standard InChI is InChI=1S/C25H28F4N2O4/c1-33-22-10-4-18(5-11-22)15-34-16-23(25(27,28)29)35-24(32)31-20-8-9-21(31)14-30(13-20)12-17-2-6-19(26)7-3-17/h2-7,10-11,20-21,23H,8-9,12-16H2,1H3. The summed E-state index contributed by atoms with van der Waals surface area (Å²) in [5.41, 5.74) is 1.61. The van der Waals surface area contributed by atoms with E-state index in [1.54, 1.807) is 36.4 Å². The molecule has 0 spiro atoms. The van der Waals surface area contributed by atoms with E-state index in [1.807, 2.05) is 0 Å². The summed E-state index contributed by atoms with van der Waals surface area (Å²) in [7, 11) is 1.52. The van der Waals surface area contributed by atoms with Crippen molar-refractivity contribution in [1.82, 2.24) is 9.80 Å². The first-order valence-electron chi connectivity index (χ1n) is 11.5. The smallest absolute Gasteiger partial charge is 0.427 e. The lowest BCUT2D eigenvalue weighted by Gasteiger charge is -2.41. The van der Waals surface area contributed by atoms with Gasteiger partial charge in [-0.1, -0.05) is 24.3 Å². The highest BCUT2D eigenvalue weighted by Crippen LogP contribution is 2.33. The third-order valence-electron chi connectivity index (χ3n) is 6.39. The summed E-state index contributed by atoms with van der Waals surface area (Å²) in [4.78, 5) is 16.4. The first-order valence-corrected chi connectivity index (χ1v) is 11.5. The molecular weight excluding hydrogens is 468 g/mol. The second-order valence-electron chi connectivity index (χ2n) is 8.89. The molecule has 2 heterocycles. The number of halogens is 4. The van der Waals surface area contributed by atoms with Crippen LogP contribution in [0, 0.1) is 5.82 Å². The highest BCUT2D eigenvalue weighted by Gasteiger charge is 2.48. The van der Waals surface area contributed by atoms with E-state index in [2.05, 4.69) is 4.90 Å². The summed E-state index contributed by atoms with van der Waals surface area (Å²) in [6.07, 6.45) is -6.67. The molecule has 0 aliphatic carbocycles. The Morgan fingerprint density at radius 2 is 1.60 bits per heavy atom. The lowest BCUT2D eigenvalue weighted by molar-refractivity contribution is -0.221. The summed E-state index contributed by atoms with van der Waals surface area (Å²) in [5.74, 6) is 0.317. The number of amides is 1. The minimum absolute atomic E-state index is 0.0541. The van der Waals surface area contributed by atoms with Gasteiger partial charge in [-0.3, -0.25) is 9.80 Å². The number of hydrogen-bond acceptors (Lipinski definition) is 5. The van der Waals surface area contributed by atoms with Gasteiger partial charge in [-0.05, 0) is 48.2 Å². The maximum absolute atomic E-state index is 13.6. The summed E-state index contributed by atoms with van der Waals surface area (Å²) in [6, 6.07) is 12.5. The van der Waals surface area contributed by atoms with E-state index in [1.165, 1.54) is 24.1 Å². The van der Waals surface area contributed by atoms with Gasteiger partial charge in [0, 0.05) is 31.7 Å². The van der Waals surface area contributed by atoms with Crippen LogP contribution in [-0.4, -0.2) is 67.1 Å². The third-order valence-corrected chi connectivity index (χ3v) is 6.39. The monoisotopic (exact) mass is 496 g/mol. The van der Waals surface area contributed by atoms with Crippen molar-refractivity contribution in [1.29, 1.82) is 0 Å². The number of piperazine rings is 1. The summed E-state index contributed by atoms with van der Waals surface area (Å²) >= 11 is 0. The summed E-state index contributed by atoms with van der Waals surface area (Å²) < 4.78 is 69.1. The van der Waals surface area contributed by atoms with E-state index < -0.39 is 25.0 Å². The van der Waals surface area contributed by atoms with Crippen LogP contribution in [0.2, 0.25) is 0 Å². The van der Waals surface area contributed by atoms with Gasteiger partial charge >= 0.3 is 12.3 Å². The molecule has 10 heteroatoms. The van der Waals surface area contributed by atoms with Gasteiger partial charge in [-0.2, -0.15) is 13.2 Å². The highest BCUT2D eigenvalue weighted by molar-refractivity contribution is 5.69. The van der Waals surface area contributed by atoms with Crippen LogP contribution in [0.15, 0.2) is 48.5 Å². The van der Waals surface area contributed by atoms with Gasteiger partial charge in [0.2, 0.25) is 6.10 Å². The summed E-state index contributed by atoms with van der Waals surface area (Å²) in [5, 5.41) is 0. The van der Waals surface area contributed by atoms with Gasteiger partial charge in [-0.15, -0.1) is 0 Å². The SMILES string of the molecule is COc1ccc(COCC(OC(=O)N2C3CCC2CN(Cc2ccc(F)cc2)C3)C(F)(F)F)cc1. The average molecular weight is 497 g/mol. The van der Waals surface area contributed by atoms with Crippen LogP contribution in [0.1, 0.15) is 24.0 Å². The zero-order valence-electron chi connectivity index (χ0n) is 19.3. The molecule has 3 unspecified atom stereocenters. The highest BCUT2D eigenvalue weighted by atomic mass is 19.4. The number of benzene rings is 2. The Morgan fingerprint density at radius 3 is 2.17 bits per heavy atom. The quantitative estimate of drug-likeness (QED) is 0.493. The maximum Gasteiger partial charge on any atom is 0.427 e. The molecule has 2 aromatic rings. The van der Waals surface area contributed by atoms with Crippen molar-refractivity contribution in [3.8, 4) is 5.75 Å². The van der Waals surface area contributed by atoms with E-state index in [0.29, 0.717) is 43.8 Å². The number of alkyl halides is 3. The molecule has 1 amide bonds. The fourth-order valence-corrected chi connectivity index (χ4v) is 4.65. The molecular formula is C25H28F4N2O4. The minimum Gasteiger partial charge on any atom is -0.497 e. The van der Waals surface area contributed by atoms with Gasteiger partial charge in [0.05, 0.1) is 20.3 Å². The van der Waals surface area contributed by atoms with E-state index in [9.17, 15) is 22.4 Å². The number of carbonyl (C=O) groups excluding carboxylic acids is 1. The van der Waals surface area contributed by atoms with Crippen LogP contribution in [0.3, 0.4) is 0 Å². The van der Waals surface area contributed by atoms with Crippen molar-refractivity contribution in [3.63, 3.8) is 0 Å². The fraction of sp³-hybridized carbons (Fsp3) is 0.480. The predicted octanol–water partition coefficient (Wildman–Crippen LogP) is 4.77. The largest absolute Gasteiger partial charge is 0.497 e. The number of methoxy groups -OCH3 is 1. The Balaban J connectivity index is 1.31. The van der Waals surface area contributed by atoms with Gasteiger partial charge < -0.3 is 14.2 Å². The molecule has 0 saturated carbocycles. The molecule has 2 aliphatic heterocycles. The minimum atomic E-state index is -4.75. The average Bonchev–Trinajstić information content (AvgIpc) is 3.10.